The molecule has 0 atom stereocenters. The van der Waals surface area contributed by atoms with E-state index in [0.29, 0.717) is 22.0 Å². The van der Waals surface area contributed by atoms with Crippen molar-refractivity contribution < 1.29 is 9.59 Å². The van der Waals surface area contributed by atoms with Gasteiger partial charge in [0.2, 0.25) is 5.91 Å². The van der Waals surface area contributed by atoms with E-state index in [4.69, 9.17) is 11.6 Å². The van der Waals surface area contributed by atoms with E-state index in [2.05, 4.69) is 10.6 Å². The van der Waals surface area contributed by atoms with Crippen LogP contribution in [0.3, 0.4) is 0 Å². The van der Waals surface area contributed by atoms with Gasteiger partial charge in [0.05, 0.1) is 0 Å². The zero-order valence-corrected chi connectivity index (χ0v) is 11.6. The minimum Gasteiger partial charge on any atom is -0.326 e. The SMILES string of the molecule is CC(=O)Nc1ccc(NC(=O)c2ccc(Cl)cc2)cc1. The van der Waals surface area contributed by atoms with Gasteiger partial charge in [0.1, 0.15) is 0 Å². The number of benzene rings is 2. The molecular weight excluding hydrogens is 276 g/mol. The summed E-state index contributed by atoms with van der Waals surface area (Å²) in [5.41, 5.74) is 1.86. The van der Waals surface area contributed by atoms with Gasteiger partial charge >= 0.3 is 0 Å². The number of carbonyl (C=O) groups is 2. The van der Waals surface area contributed by atoms with Crippen molar-refractivity contribution in [1.82, 2.24) is 0 Å². The second kappa shape index (κ2) is 6.21. The number of hydrogen-bond donors (Lipinski definition) is 2. The van der Waals surface area contributed by atoms with Crippen LogP contribution >= 0.6 is 11.6 Å². The number of anilines is 2. The third kappa shape index (κ3) is 3.83. The molecule has 0 aliphatic carbocycles. The average molecular weight is 289 g/mol. The molecule has 4 nitrogen and oxygen atoms in total. The fourth-order valence-corrected chi connectivity index (χ4v) is 1.77. The van der Waals surface area contributed by atoms with Crippen molar-refractivity contribution in [2.75, 3.05) is 10.6 Å². The molecule has 5 heteroatoms. The average Bonchev–Trinajstić information content (AvgIpc) is 2.41. The smallest absolute Gasteiger partial charge is 0.255 e. The van der Waals surface area contributed by atoms with Crippen molar-refractivity contribution in [1.29, 1.82) is 0 Å². The maximum absolute atomic E-state index is 12.0. The minimum atomic E-state index is -0.214. The molecule has 0 bridgehead atoms. The highest BCUT2D eigenvalue weighted by atomic mass is 35.5. The molecule has 2 aromatic carbocycles. The summed E-state index contributed by atoms with van der Waals surface area (Å²) in [4.78, 5) is 22.9. The Morgan fingerprint density at radius 2 is 1.35 bits per heavy atom. The molecule has 2 N–H and O–H groups in total. The van der Waals surface area contributed by atoms with Crippen molar-refractivity contribution in [2.24, 2.45) is 0 Å². The molecule has 0 saturated heterocycles. The Kier molecular flexibility index (Phi) is 4.38. The molecular formula is C15H13ClN2O2. The summed E-state index contributed by atoms with van der Waals surface area (Å²) >= 11 is 5.77. The first-order chi connectivity index (χ1) is 9.54. The zero-order chi connectivity index (χ0) is 14.5. The predicted octanol–water partition coefficient (Wildman–Crippen LogP) is 3.55. The largest absolute Gasteiger partial charge is 0.326 e. The number of nitrogens with one attached hydrogen (secondary N) is 2. The minimum absolute atomic E-state index is 0.136. The van der Waals surface area contributed by atoms with Crippen molar-refractivity contribution in [3.8, 4) is 0 Å². The van der Waals surface area contributed by atoms with Crippen LogP contribution < -0.4 is 10.6 Å². The van der Waals surface area contributed by atoms with E-state index in [1.54, 1.807) is 48.5 Å². The number of carbonyl (C=O) groups excluding carboxylic acids is 2. The summed E-state index contributed by atoms with van der Waals surface area (Å²) in [7, 11) is 0. The summed E-state index contributed by atoms with van der Waals surface area (Å²) in [6.45, 7) is 1.44. The fourth-order valence-electron chi connectivity index (χ4n) is 1.64. The number of hydrogen-bond acceptors (Lipinski definition) is 2. The van der Waals surface area contributed by atoms with Gasteiger partial charge in [-0.3, -0.25) is 9.59 Å². The molecule has 20 heavy (non-hydrogen) atoms. The van der Waals surface area contributed by atoms with Gasteiger partial charge < -0.3 is 10.6 Å². The van der Waals surface area contributed by atoms with E-state index in [0.717, 1.165) is 0 Å². The number of amides is 2. The Hall–Kier alpha value is -2.33. The number of rotatable bonds is 3. The van der Waals surface area contributed by atoms with Crippen molar-refractivity contribution >= 4 is 34.8 Å². The summed E-state index contributed by atoms with van der Waals surface area (Å²) < 4.78 is 0. The lowest BCUT2D eigenvalue weighted by molar-refractivity contribution is -0.114. The topological polar surface area (TPSA) is 58.2 Å². The molecule has 0 unspecified atom stereocenters. The molecule has 0 spiro atoms. The molecule has 0 saturated carbocycles. The summed E-state index contributed by atoms with van der Waals surface area (Å²) in [5.74, 6) is -0.350. The first-order valence-corrected chi connectivity index (χ1v) is 6.37. The lowest BCUT2D eigenvalue weighted by Gasteiger charge is -2.07. The molecule has 0 aliphatic rings. The fraction of sp³-hybridized carbons (Fsp3) is 0.0667. The summed E-state index contributed by atoms with van der Waals surface area (Å²) in [6.07, 6.45) is 0. The van der Waals surface area contributed by atoms with Crippen molar-refractivity contribution in [2.45, 2.75) is 6.92 Å². The molecule has 0 aliphatic heterocycles. The van der Waals surface area contributed by atoms with Gasteiger partial charge in [0, 0.05) is 28.9 Å². The maximum Gasteiger partial charge on any atom is 0.255 e. The first kappa shape index (κ1) is 14.1. The monoisotopic (exact) mass is 288 g/mol. The molecule has 102 valence electrons. The molecule has 0 radical (unpaired) electrons. The Morgan fingerprint density at radius 3 is 1.85 bits per heavy atom. The van der Waals surface area contributed by atoms with E-state index >= 15 is 0 Å². The van der Waals surface area contributed by atoms with Crippen molar-refractivity contribution in [3.05, 3.63) is 59.1 Å². The van der Waals surface area contributed by atoms with Crippen LogP contribution in [0.25, 0.3) is 0 Å². The highest BCUT2D eigenvalue weighted by Crippen LogP contribution is 2.15. The summed E-state index contributed by atoms with van der Waals surface area (Å²) in [5, 5.41) is 6.00. The van der Waals surface area contributed by atoms with Gasteiger partial charge in [-0.1, -0.05) is 11.6 Å². The first-order valence-electron chi connectivity index (χ1n) is 5.99. The highest BCUT2D eigenvalue weighted by Gasteiger charge is 2.05. The van der Waals surface area contributed by atoms with Gasteiger partial charge in [0.25, 0.3) is 5.91 Å². The lowest BCUT2D eigenvalue weighted by atomic mass is 10.2. The Bertz CT molecular complexity index is 621. The van der Waals surface area contributed by atoms with E-state index in [9.17, 15) is 9.59 Å². The van der Waals surface area contributed by atoms with Crippen LogP contribution in [0.2, 0.25) is 5.02 Å². The van der Waals surface area contributed by atoms with Crippen LogP contribution in [0.4, 0.5) is 11.4 Å². The second-order valence-electron chi connectivity index (χ2n) is 4.22. The molecule has 0 fully saturated rings. The Balaban J connectivity index is 2.04. The molecule has 2 rings (SSSR count). The quantitative estimate of drug-likeness (QED) is 0.907. The van der Waals surface area contributed by atoms with Crippen LogP contribution in [-0.4, -0.2) is 11.8 Å². The van der Waals surface area contributed by atoms with Crippen LogP contribution in [0.5, 0.6) is 0 Å². The van der Waals surface area contributed by atoms with E-state index < -0.39 is 0 Å². The molecule has 0 aromatic heterocycles. The molecule has 2 amide bonds. The third-order valence-electron chi connectivity index (χ3n) is 2.57. The van der Waals surface area contributed by atoms with Crippen LogP contribution in [-0.2, 0) is 4.79 Å². The highest BCUT2D eigenvalue weighted by molar-refractivity contribution is 6.30. The predicted molar refractivity (Wildman–Crippen MR) is 80.2 cm³/mol. The standard InChI is InChI=1S/C15H13ClN2O2/c1-10(19)17-13-6-8-14(9-7-13)18-15(20)11-2-4-12(16)5-3-11/h2-9H,1H3,(H,17,19)(H,18,20). The molecule has 2 aromatic rings. The Labute approximate surface area is 121 Å². The lowest BCUT2D eigenvalue weighted by Crippen LogP contribution is -2.11. The van der Waals surface area contributed by atoms with Gasteiger partial charge in [-0.15, -0.1) is 0 Å². The molecule has 0 heterocycles. The second-order valence-corrected chi connectivity index (χ2v) is 4.66. The Morgan fingerprint density at radius 1 is 0.850 bits per heavy atom. The maximum atomic E-state index is 12.0. The van der Waals surface area contributed by atoms with Crippen molar-refractivity contribution in [3.63, 3.8) is 0 Å². The van der Waals surface area contributed by atoms with Gasteiger partial charge in [0.15, 0.2) is 0 Å². The van der Waals surface area contributed by atoms with Crippen LogP contribution in [0.15, 0.2) is 48.5 Å². The van der Waals surface area contributed by atoms with E-state index in [1.165, 1.54) is 6.92 Å². The van der Waals surface area contributed by atoms with Crippen LogP contribution in [0, 0.1) is 0 Å². The van der Waals surface area contributed by atoms with E-state index in [1.807, 2.05) is 0 Å². The van der Waals surface area contributed by atoms with E-state index in [-0.39, 0.29) is 11.8 Å². The van der Waals surface area contributed by atoms with Gasteiger partial charge in [-0.25, -0.2) is 0 Å². The van der Waals surface area contributed by atoms with Gasteiger partial charge in [-0.2, -0.15) is 0 Å². The zero-order valence-electron chi connectivity index (χ0n) is 10.8. The summed E-state index contributed by atoms with van der Waals surface area (Å²) in [6, 6.07) is 13.5. The normalized spacial score (nSPS) is 9.90. The van der Waals surface area contributed by atoms with Crippen LogP contribution in [0.1, 0.15) is 17.3 Å². The van der Waals surface area contributed by atoms with Gasteiger partial charge in [-0.05, 0) is 48.5 Å². The third-order valence-corrected chi connectivity index (χ3v) is 2.82. The number of halogens is 1.